The highest BCUT2D eigenvalue weighted by Crippen LogP contribution is 2.50. The topological polar surface area (TPSA) is 47.4 Å². The van der Waals surface area contributed by atoms with Gasteiger partial charge in [-0.15, -0.1) is 0 Å². The number of aromatic nitrogens is 2. The molecule has 1 aliphatic carbocycles. The molecular weight excluding hydrogens is 398 g/mol. The van der Waals surface area contributed by atoms with Crippen molar-refractivity contribution in [3.05, 3.63) is 82.9 Å². The molecule has 1 unspecified atom stereocenters. The Morgan fingerprint density at radius 2 is 1.88 bits per heavy atom. The third-order valence-corrected chi connectivity index (χ3v) is 7.10. The first-order valence-electron chi connectivity index (χ1n) is 11.5. The molecule has 3 atom stereocenters. The fourth-order valence-corrected chi connectivity index (χ4v) is 5.26. The molecule has 1 aliphatic heterocycles. The maximum absolute atomic E-state index is 13.7. The molecule has 32 heavy (non-hydrogen) atoms. The van der Waals surface area contributed by atoms with Crippen LogP contribution in [-0.4, -0.2) is 35.9 Å². The lowest BCUT2D eigenvalue weighted by molar-refractivity contribution is 0.0894. The Labute approximate surface area is 187 Å². The summed E-state index contributed by atoms with van der Waals surface area (Å²) in [5.74, 6) is 0.287. The van der Waals surface area contributed by atoms with Crippen LogP contribution in [-0.2, 0) is 4.74 Å². The highest BCUT2D eigenvalue weighted by Gasteiger charge is 2.42. The molecule has 5 heteroatoms. The van der Waals surface area contributed by atoms with E-state index in [0.29, 0.717) is 0 Å². The number of pyridine rings is 2. The lowest BCUT2D eigenvalue weighted by Gasteiger charge is -2.34. The van der Waals surface area contributed by atoms with Gasteiger partial charge >= 0.3 is 0 Å². The van der Waals surface area contributed by atoms with Gasteiger partial charge in [-0.3, -0.25) is 9.78 Å². The monoisotopic (exact) mass is 425 g/mol. The molecule has 0 amide bonds. The lowest BCUT2D eigenvalue weighted by Crippen LogP contribution is -2.39. The zero-order valence-electron chi connectivity index (χ0n) is 18.3. The zero-order chi connectivity index (χ0) is 21.7. The van der Waals surface area contributed by atoms with Gasteiger partial charge in [0.1, 0.15) is 0 Å². The minimum atomic E-state index is 0.103. The number of para-hydroxylation sites is 1. The van der Waals surface area contributed by atoms with E-state index in [-0.39, 0.29) is 23.6 Å². The number of ether oxygens (including phenoxy) is 1. The van der Waals surface area contributed by atoms with Gasteiger partial charge in [0, 0.05) is 49.4 Å². The molecule has 0 N–H and O–H groups in total. The number of methoxy groups -OCH3 is 1. The average Bonchev–Trinajstić information content (AvgIpc) is 3.64. The van der Waals surface area contributed by atoms with Crippen molar-refractivity contribution in [2.45, 2.75) is 37.3 Å². The van der Waals surface area contributed by atoms with Gasteiger partial charge in [-0.25, -0.2) is 0 Å². The van der Waals surface area contributed by atoms with Crippen LogP contribution in [0.2, 0.25) is 0 Å². The van der Waals surface area contributed by atoms with E-state index >= 15 is 0 Å². The molecule has 6 rings (SSSR count). The van der Waals surface area contributed by atoms with E-state index in [1.165, 1.54) is 0 Å². The molecule has 0 bridgehead atoms. The largest absolute Gasteiger partial charge is 0.380 e. The standard InChI is InChI=1S/C27H27N3O2/c1-32-20-8-5-14-29(17-20)24-10-4-7-19-13-15-30(27(31)26(19)24)25-16-21(25)23-12-11-18-6-2-3-9-22(18)28-23/h2-4,6-7,9-13,15,20-21,25H,5,8,14,16-17H2,1H3/t20?,21-,25-/m1/s1. The molecule has 2 aromatic heterocycles. The number of nitrogens with zero attached hydrogens (tertiary/aromatic N) is 3. The van der Waals surface area contributed by atoms with Crippen molar-refractivity contribution >= 4 is 27.4 Å². The van der Waals surface area contributed by atoms with Gasteiger partial charge in [-0.05, 0) is 48.9 Å². The van der Waals surface area contributed by atoms with Crippen LogP contribution >= 0.6 is 0 Å². The van der Waals surface area contributed by atoms with Crippen LogP contribution in [0.3, 0.4) is 0 Å². The van der Waals surface area contributed by atoms with E-state index in [0.717, 1.165) is 65.4 Å². The van der Waals surface area contributed by atoms with Gasteiger partial charge in [0.2, 0.25) is 0 Å². The number of fused-ring (bicyclic) bond motifs is 2. The van der Waals surface area contributed by atoms with Gasteiger partial charge in [-0.1, -0.05) is 36.4 Å². The highest BCUT2D eigenvalue weighted by atomic mass is 16.5. The summed E-state index contributed by atoms with van der Waals surface area (Å²) >= 11 is 0. The minimum absolute atomic E-state index is 0.103. The van der Waals surface area contributed by atoms with Gasteiger partial charge in [0.05, 0.1) is 22.7 Å². The number of hydrogen-bond acceptors (Lipinski definition) is 4. The Morgan fingerprint density at radius 3 is 2.78 bits per heavy atom. The Balaban J connectivity index is 1.36. The quantitative estimate of drug-likeness (QED) is 0.467. The third-order valence-electron chi connectivity index (χ3n) is 7.10. The second kappa shape index (κ2) is 7.75. The normalized spacial score (nSPS) is 23.0. The molecule has 2 aromatic carbocycles. The number of benzene rings is 2. The predicted octanol–water partition coefficient (Wildman–Crippen LogP) is 4.89. The smallest absolute Gasteiger partial charge is 0.260 e. The van der Waals surface area contributed by atoms with Crippen molar-refractivity contribution < 1.29 is 4.74 Å². The molecule has 1 saturated carbocycles. The number of rotatable bonds is 4. The SMILES string of the molecule is COC1CCCN(c2cccc3ccn([C@@H]4C[C@@H]4c4ccc5ccccc5n4)c(=O)c23)C1. The Morgan fingerprint density at radius 1 is 1.00 bits per heavy atom. The number of anilines is 1. The summed E-state index contributed by atoms with van der Waals surface area (Å²) in [5.41, 5.74) is 3.23. The zero-order valence-corrected chi connectivity index (χ0v) is 18.3. The summed E-state index contributed by atoms with van der Waals surface area (Å²) in [6.45, 7) is 1.79. The summed E-state index contributed by atoms with van der Waals surface area (Å²) in [4.78, 5) is 20.9. The van der Waals surface area contributed by atoms with E-state index in [4.69, 9.17) is 9.72 Å². The summed E-state index contributed by atoms with van der Waals surface area (Å²) < 4.78 is 7.55. The maximum atomic E-state index is 13.7. The fraction of sp³-hybridized carbons (Fsp3) is 0.333. The molecule has 0 radical (unpaired) electrons. The van der Waals surface area contributed by atoms with Crippen LogP contribution in [0, 0.1) is 0 Å². The summed E-state index contributed by atoms with van der Waals surface area (Å²) in [6, 6.07) is 20.9. The molecule has 2 aliphatic rings. The van der Waals surface area contributed by atoms with Crippen LogP contribution in [0.25, 0.3) is 21.7 Å². The minimum Gasteiger partial charge on any atom is -0.380 e. The van der Waals surface area contributed by atoms with Gasteiger partial charge in [0.15, 0.2) is 0 Å². The second-order valence-corrected chi connectivity index (χ2v) is 9.05. The van der Waals surface area contributed by atoms with E-state index < -0.39 is 0 Å². The molecule has 162 valence electrons. The van der Waals surface area contributed by atoms with E-state index in [1.807, 2.05) is 29.0 Å². The van der Waals surface area contributed by atoms with Crippen molar-refractivity contribution in [1.82, 2.24) is 9.55 Å². The van der Waals surface area contributed by atoms with Crippen LogP contribution in [0.4, 0.5) is 5.69 Å². The molecule has 0 spiro atoms. The van der Waals surface area contributed by atoms with Crippen molar-refractivity contribution in [2.75, 3.05) is 25.1 Å². The van der Waals surface area contributed by atoms with Crippen molar-refractivity contribution in [3.8, 4) is 0 Å². The molecule has 2 fully saturated rings. The van der Waals surface area contributed by atoms with E-state index in [2.05, 4.69) is 47.4 Å². The Bertz CT molecular complexity index is 1360. The Hall–Kier alpha value is -3.18. The van der Waals surface area contributed by atoms with Crippen molar-refractivity contribution in [1.29, 1.82) is 0 Å². The van der Waals surface area contributed by atoms with Crippen LogP contribution in [0.15, 0.2) is 71.7 Å². The Kier molecular flexibility index (Phi) is 4.72. The van der Waals surface area contributed by atoms with Crippen LogP contribution in [0.1, 0.15) is 36.9 Å². The molecule has 4 aromatic rings. The maximum Gasteiger partial charge on any atom is 0.260 e. The van der Waals surface area contributed by atoms with Gasteiger partial charge in [0.25, 0.3) is 5.56 Å². The molecular formula is C27H27N3O2. The van der Waals surface area contributed by atoms with Crippen LogP contribution in [0.5, 0.6) is 0 Å². The molecule has 5 nitrogen and oxygen atoms in total. The van der Waals surface area contributed by atoms with Gasteiger partial charge < -0.3 is 14.2 Å². The summed E-state index contributed by atoms with van der Waals surface area (Å²) in [5, 5.41) is 2.98. The summed E-state index contributed by atoms with van der Waals surface area (Å²) in [7, 11) is 1.78. The first-order valence-corrected chi connectivity index (χ1v) is 11.5. The number of hydrogen-bond donors (Lipinski definition) is 0. The van der Waals surface area contributed by atoms with Crippen molar-refractivity contribution in [3.63, 3.8) is 0 Å². The molecule has 3 heterocycles. The second-order valence-electron chi connectivity index (χ2n) is 9.05. The molecule has 1 saturated heterocycles. The van der Waals surface area contributed by atoms with E-state index in [1.54, 1.807) is 7.11 Å². The first kappa shape index (κ1) is 19.5. The lowest BCUT2D eigenvalue weighted by atomic mass is 10.0. The number of piperidine rings is 1. The van der Waals surface area contributed by atoms with E-state index in [9.17, 15) is 4.79 Å². The average molecular weight is 426 g/mol. The first-order chi connectivity index (χ1) is 15.7. The highest BCUT2D eigenvalue weighted by molar-refractivity contribution is 5.93. The van der Waals surface area contributed by atoms with Crippen molar-refractivity contribution in [2.24, 2.45) is 0 Å². The van der Waals surface area contributed by atoms with Crippen LogP contribution < -0.4 is 10.5 Å². The fourth-order valence-electron chi connectivity index (χ4n) is 5.26. The third kappa shape index (κ3) is 3.28. The summed E-state index contributed by atoms with van der Waals surface area (Å²) in [6.07, 6.45) is 5.29. The predicted molar refractivity (Wildman–Crippen MR) is 129 cm³/mol. The van der Waals surface area contributed by atoms with Gasteiger partial charge in [-0.2, -0.15) is 0 Å².